The van der Waals surface area contributed by atoms with Gasteiger partial charge in [0.1, 0.15) is 5.92 Å². The fourth-order valence-corrected chi connectivity index (χ4v) is 3.27. The van der Waals surface area contributed by atoms with Crippen molar-refractivity contribution in [1.82, 2.24) is 4.98 Å². The molecule has 2 heterocycles. The van der Waals surface area contributed by atoms with Crippen molar-refractivity contribution in [3.05, 3.63) is 52.5 Å². The Bertz CT molecular complexity index is 938. The molecule has 1 aliphatic heterocycles. The number of aliphatic imine (C=N–C) groups is 1. The highest BCUT2D eigenvalue weighted by atomic mass is 35.5. The maximum atomic E-state index is 12.1. The lowest BCUT2D eigenvalue weighted by Crippen LogP contribution is -2.28. The van der Waals surface area contributed by atoms with E-state index in [4.69, 9.17) is 11.6 Å². The number of benzene rings is 1. The van der Waals surface area contributed by atoms with Crippen LogP contribution in [0.2, 0.25) is 5.02 Å². The van der Waals surface area contributed by atoms with Crippen molar-refractivity contribution in [3.63, 3.8) is 0 Å². The van der Waals surface area contributed by atoms with E-state index in [9.17, 15) is 14.4 Å². The third-order valence-corrected chi connectivity index (χ3v) is 4.68. The minimum atomic E-state index is -0.939. The first kappa shape index (κ1) is 18.9. The lowest BCUT2D eigenvalue weighted by molar-refractivity contribution is -0.128. The Morgan fingerprint density at radius 3 is 2.89 bits per heavy atom. The van der Waals surface area contributed by atoms with Gasteiger partial charge in [-0.25, -0.2) is 9.98 Å². The Morgan fingerprint density at radius 2 is 2.11 bits per heavy atom. The molecule has 2 aromatic rings. The Morgan fingerprint density at radius 1 is 1.26 bits per heavy atom. The Hall–Kier alpha value is -2.84. The Labute approximate surface area is 164 Å². The topological polar surface area (TPSA) is 101 Å². The summed E-state index contributed by atoms with van der Waals surface area (Å²) >= 11 is 7.12. The summed E-state index contributed by atoms with van der Waals surface area (Å²) in [6.45, 7) is 0. The van der Waals surface area contributed by atoms with Crippen LogP contribution < -0.4 is 10.6 Å². The number of amides is 3. The summed E-state index contributed by atoms with van der Waals surface area (Å²) in [5.74, 6) is -2.09. The quantitative estimate of drug-likeness (QED) is 0.725. The molecule has 0 saturated carbocycles. The number of anilines is 2. The number of nitrogens with zero attached hydrogens (tertiary/aromatic N) is 2. The number of carbonyl (C=O) groups is 3. The molecule has 0 radical (unpaired) electrons. The first-order valence-corrected chi connectivity index (χ1v) is 9.32. The molecule has 1 aliphatic rings. The number of hydrogen-bond acceptors (Lipinski definition) is 5. The van der Waals surface area contributed by atoms with Gasteiger partial charge in [-0.05, 0) is 30.7 Å². The van der Waals surface area contributed by atoms with E-state index in [1.807, 2.05) is 0 Å². The van der Waals surface area contributed by atoms with Crippen LogP contribution in [0.1, 0.15) is 12.1 Å². The zero-order valence-corrected chi connectivity index (χ0v) is 15.6. The van der Waals surface area contributed by atoms with Crippen LogP contribution in [-0.2, 0) is 20.8 Å². The third-order valence-electron chi connectivity index (χ3n) is 3.64. The maximum Gasteiger partial charge on any atom is 0.262 e. The highest BCUT2D eigenvalue weighted by molar-refractivity contribution is 7.13. The lowest BCUT2D eigenvalue weighted by Gasteiger charge is -2.09. The van der Waals surface area contributed by atoms with E-state index in [-0.39, 0.29) is 12.3 Å². The van der Waals surface area contributed by atoms with E-state index >= 15 is 0 Å². The van der Waals surface area contributed by atoms with E-state index < -0.39 is 17.7 Å². The van der Waals surface area contributed by atoms with Crippen molar-refractivity contribution in [2.75, 3.05) is 10.6 Å². The summed E-state index contributed by atoms with van der Waals surface area (Å²) in [6, 6.07) is 6.91. The average molecular weight is 403 g/mol. The summed E-state index contributed by atoms with van der Waals surface area (Å²) in [5.41, 5.74) is 1.31. The summed E-state index contributed by atoms with van der Waals surface area (Å²) in [7, 11) is 0. The number of nitrogens with one attached hydrogen (secondary N) is 2. The summed E-state index contributed by atoms with van der Waals surface area (Å²) in [6.07, 6.45) is 5.05. The van der Waals surface area contributed by atoms with E-state index in [0.29, 0.717) is 28.0 Å². The Balaban J connectivity index is 1.50. The van der Waals surface area contributed by atoms with Gasteiger partial charge in [-0.1, -0.05) is 23.7 Å². The molecule has 0 spiro atoms. The summed E-state index contributed by atoms with van der Waals surface area (Å²) in [5, 5.41) is 8.05. The van der Waals surface area contributed by atoms with Crippen LogP contribution in [0.15, 0.2) is 46.8 Å². The smallest absolute Gasteiger partial charge is 0.262 e. The molecule has 3 amide bonds. The molecule has 1 aromatic carbocycles. The molecule has 7 nitrogen and oxygen atoms in total. The van der Waals surface area contributed by atoms with Gasteiger partial charge in [-0.3, -0.25) is 14.4 Å². The van der Waals surface area contributed by atoms with Crippen LogP contribution >= 0.6 is 22.9 Å². The fraction of sp³-hybridized carbons (Fsp3) is 0.167. The molecule has 27 heavy (non-hydrogen) atoms. The van der Waals surface area contributed by atoms with Crippen molar-refractivity contribution in [3.8, 4) is 0 Å². The molecular weight excluding hydrogens is 388 g/mol. The Kier molecular flexibility index (Phi) is 6.10. The van der Waals surface area contributed by atoms with Gasteiger partial charge < -0.3 is 10.6 Å². The van der Waals surface area contributed by atoms with Crippen molar-refractivity contribution in [2.24, 2.45) is 10.9 Å². The van der Waals surface area contributed by atoms with Crippen molar-refractivity contribution >= 4 is 57.7 Å². The molecule has 0 bridgehead atoms. The molecule has 138 valence electrons. The van der Waals surface area contributed by atoms with Crippen LogP contribution in [0, 0.1) is 5.92 Å². The zero-order chi connectivity index (χ0) is 19.2. The minimum absolute atomic E-state index is 0.161. The summed E-state index contributed by atoms with van der Waals surface area (Å²) < 4.78 is 0. The average Bonchev–Trinajstić information content (AvgIpc) is 3.08. The molecule has 2 N–H and O–H groups in total. The number of allylic oxidation sites excluding steroid dienone is 1. The zero-order valence-electron chi connectivity index (χ0n) is 14.0. The van der Waals surface area contributed by atoms with Gasteiger partial charge in [-0.2, -0.15) is 0 Å². The first-order valence-electron chi connectivity index (χ1n) is 8.06. The fourth-order valence-electron chi connectivity index (χ4n) is 2.33. The maximum absolute atomic E-state index is 12.1. The monoisotopic (exact) mass is 402 g/mol. The predicted octanol–water partition coefficient (Wildman–Crippen LogP) is 3.09. The first-order chi connectivity index (χ1) is 13.0. The lowest BCUT2D eigenvalue weighted by atomic mass is 10.1. The number of carbonyl (C=O) groups excluding carboxylic acids is 3. The molecular formula is C18H15ClN4O3S. The van der Waals surface area contributed by atoms with E-state index in [0.717, 1.165) is 0 Å². The second-order valence-corrected chi connectivity index (χ2v) is 6.97. The van der Waals surface area contributed by atoms with E-state index in [1.165, 1.54) is 23.6 Å². The largest absolute Gasteiger partial charge is 0.326 e. The van der Waals surface area contributed by atoms with Gasteiger partial charge >= 0.3 is 0 Å². The van der Waals surface area contributed by atoms with E-state index in [2.05, 4.69) is 20.6 Å². The molecule has 0 aliphatic carbocycles. The highest BCUT2D eigenvalue weighted by Crippen LogP contribution is 2.19. The van der Waals surface area contributed by atoms with Gasteiger partial charge in [0, 0.05) is 28.7 Å². The second kappa shape index (κ2) is 8.70. The van der Waals surface area contributed by atoms with Gasteiger partial charge in [0.15, 0.2) is 5.13 Å². The van der Waals surface area contributed by atoms with Crippen LogP contribution in [-0.4, -0.2) is 28.9 Å². The number of aromatic nitrogens is 1. The molecule has 0 saturated heterocycles. The standard InChI is InChI=1S/C18H15ClN4O3S/c19-11-3-1-4-12(9-11)21-15(24)7-6-13-10-27-18(22-13)23-17(26)14-5-2-8-20-16(14)25/h1-5,8-10,14H,6-7H2,(H,21,24)(H,22,23,26). The highest BCUT2D eigenvalue weighted by Gasteiger charge is 2.25. The number of dihydropyridines is 1. The SMILES string of the molecule is O=C(CCc1csc(NC(=O)C2C=CC=NC2=O)n1)Nc1cccc(Cl)c1. The van der Waals surface area contributed by atoms with Gasteiger partial charge in [0.2, 0.25) is 11.8 Å². The molecule has 1 atom stereocenters. The van der Waals surface area contributed by atoms with Crippen molar-refractivity contribution < 1.29 is 14.4 Å². The van der Waals surface area contributed by atoms with Crippen molar-refractivity contribution in [1.29, 1.82) is 0 Å². The van der Waals surface area contributed by atoms with Crippen LogP contribution in [0.3, 0.4) is 0 Å². The normalized spacial score (nSPS) is 15.6. The number of aryl methyl sites for hydroxylation is 1. The molecule has 9 heteroatoms. The van der Waals surface area contributed by atoms with Crippen LogP contribution in [0.4, 0.5) is 10.8 Å². The molecule has 3 rings (SSSR count). The molecule has 1 aromatic heterocycles. The van der Waals surface area contributed by atoms with Crippen LogP contribution in [0.25, 0.3) is 0 Å². The predicted molar refractivity (Wildman–Crippen MR) is 105 cm³/mol. The minimum Gasteiger partial charge on any atom is -0.326 e. The van der Waals surface area contributed by atoms with Gasteiger partial charge in [-0.15, -0.1) is 11.3 Å². The number of rotatable bonds is 6. The third kappa shape index (κ3) is 5.32. The van der Waals surface area contributed by atoms with Gasteiger partial charge in [0.05, 0.1) is 5.69 Å². The molecule has 0 fully saturated rings. The van der Waals surface area contributed by atoms with E-state index in [1.54, 1.807) is 35.7 Å². The second-order valence-electron chi connectivity index (χ2n) is 5.67. The van der Waals surface area contributed by atoms with Gasteiger partial charge in [0.25, 0.3) is 5.91 Å². The van der Waals surface area contributed by atoms with Crippen molar-refractivity contribution in [2.45, 2.75) is 12.8 Å². The number of hydrogen-bond donors (Lipinski definition) is 2. The number of thiazole rings is 1. The molecule has 1 unspecified atom stereocenters. The summed E-state index contributed by atoms with van der Waals surface area (Å²) in [4.78, 5) is 43.6. The number of halogens is 1. The van der Waals surface area contributed by atoms with Crippen LogP contribution in [0.5, 0.6) is 0 Å².